The van der Waals surface area contributed by atoms with Gasteiger partial charge in [0.25, 0.3) is 0 Å². The zero-order chi connectivity index (χ0) is 14.9. The van der Waals surface area contributed by atoms with Gasteiger partial charge in [0, 0.05) is 31.7 Å². The van der Waals surface area contributed by atoms with E-state index in [1.807, 2.05) is 0 Å². The minimum Gasteiger partial charge on any atom is -0.478 e. The Morgan fingerprint density at radius 3 is 2.30 bits per heavy atom. The second kappa shape index (κ2) is 5.32. The number of aromatic carboxylic acids is 1. The molecule has 0 radical (unpaired) electrons. The molecule has 0 spiro atoms. The molecule has 0 unspecified atom stereocenters. The van der Waals surface area contributed by atoms with Crippen LogP contribution in [0.4, 0.5) is 11.4 Å². The molecule has 2 rings (SSSR count). The van der Waals surface area contributed by atoms with Gasteiger partial charge in [-0.25, -0.2) is 4.79 Å². The monoisotopic (exact) mass is 277 g/mol. The van der Waals surface area contributed by atoms with Crippen LogP contribution in [0.5, 0.6) is 0 Å². The van der Waals surface area contributed by atoms with Crippen LogP contribution in [-0.4, -0.2) is 47.7 Å². The van der Waals surface area contributed by atoms with Crippen molar-refractivity contribution in [2.45, 2.75) is 26.3 Å². The molecule has 5 heteroatoms. The van der Waals surface area contributed by atoms with Crippen molar-refractivity contribution in [1.29, 1.82) is 0 Å². The number of carbonyl (C=O) groups is 1. The van der Waals surface area contributed by atoms with Crippen LogP contribution in [0, 0.1) is 0 Å². The first kappa shape index (κ1) is 14.7. The molecule has 1 saturated heterocycles. The van der Waals surface area contributed by atoms with Gasteiger partial charge in [0.15, 0.2) is 0 Å². The maximum absolute atomic E-state index is 11.1. The molecular weight excluding hydrogens is 254 g/mol. The molecule has 1 aromatic rings. The van der Waals surface area contributed by atoms with Gasteiger partial charge in [-0.05, 0) is 39.0 Å². The van der Waals surface area contributed by atoms with Crippen LogP contribution in [-0.2, 0) is 0 Å². The molecule has 0 aromatic heterocycles. The van der Waals surface area contributed by atoms with E-state index < -0.39 is 5.97 Å². The fourth-order valence-electron chi connectivity index (χ4n) is 2.57. The predicted octanol–water partition coefficient (Wildman–Crippen LogP) is 1.89. The van der Waals surface area contributed by atoms with Crippen LogP contribution in [0.3, 0.4) is 0 Å². The van der Waals surface area contributed by atoms with Gasteiger partial charge >= 0.3 is 5.97 Å². The van der Waals surface area contributed by atoms with Gasteiger partial charge in [-0.1, -0.05) is 0 Å². The Hall–Kier alpha value is -1.75. The van der Waals surface area contributed by atoms with Crippen LogP contribution in [0.1, 0.15) is 31.1 Å². The lowest BCUT2D eigenvalue weighted by Gasteiger charge is -2.43. The highest BCUT2D eigenvalue weighted by molar-refractivity contribution is 5.90. The number of benzene rings is 1. The molecule has 1 fully saturated rings. The van der Waals surface area contributed by atoms with Gasteiger partial charge in [-0.3, -0.25) is 4.90 Å². The van der Waals surface area contributed by atoms with Crippen LogP contribution in [0.2, 0.25) is 0 Å². The summed E-state index contributed by atoms with van der Waals surface area (Å²) >= 11 is 0. The molecule has 0 saturated carbocycles. The lowest BCUT2D eigenvalue weighted by Crippen LogP contribution is -2.53. The predicted molar refractivity (Wildman–Crippen MR) is 81.4 cm³/mol. The molecule has 1 aromatic carbocycles. The fourth-order valence-corrected chi connectivity index (χ4v) is 2.57. The van der Waals surface area contributed by atoms with Gasteiger partial charge in [0.2, 0.25) is 0 Å². The number of anilines is 2. The van der Waals surface area contributed by atoms with E-state index in [0.29, 0.717) is 5.69 Å². The van der Waals surface area contributed by atoms with Crippen LogP contribution in [0.15, 0.2) is 18.2 Å². The molecule has 0 atom stereocenters. The lowest BCUT2D eigenvalue weighted by molar-refractivity contribution is 0.0697. The number of nitrogen functional groups attached to an aromatic ring is 1. The zero-order valence-electron chi connectivity index (χ0n) is 12.4. The van der Waals surface area contributed by atoms with Gasteiger partial charge in [-0.15, -0.1) is 0 Å². The third-order valence-corrected chi connectivity index (χ3v) is 3.85. The summed E-state index contributed by atoms with van der Waals surface area (Å²) in [6.07, 6.45) is 0. The van der Waals surface area contributed by atoms with Crippen molar-refractivity contribution < 1.29 is 9.90 Å². The quantitative estimate of drug-likeness (QED) is 0.808. The summed E-state index contributed by atoms with van der Waals surface area (Å²) < 4.78 is 0. The molecule has 0 bridgehead atoms. The minimum absolute atomic E-state index is 0.167. The highest BCUT2D eigenvalue weighted by Gasteiger charge is 2.26. The van der Waals surface area contributed by atoms with Crippen molar-refractivity contribution in [3.05, 3.63) is 23.8 Å². The first-order chi connectivity index (χ1) is 9.29. The number of hydrogen-bond donors (Lipinski definition) is 2. The van der Waals surface area contributed by atoms with E-state index in [9.17, 15) is 4.79 Å². The Bertz CT molecular complexity index is 500. The van der Waals surface area contributed by atoms with E-state index in [4.69, 9.17) is 10.8 Å². The van der Waals surface area contributed by atoms with E-state index in [1.165, 1.54) is 0 Å². The number of carboxylic acid groups (broad SMARTS) is 1. The average molecular weight is 277 g/mol. The summed E-state index contributed by atoms with van der Waals surface area (Å²) in [6.45, 7) is 10.3. The van der Waals surface area contributed by atoms with Crippen molar-refractivity contribution in [2.75, 3.05) is 36.8 Å². The molecule has 1 aliphatic heterocycles. The van der Waals surface area contributed by atoms with Crippen molar-refractivity contribution >= 4 is 17.3 Å². The smallest absolute Gasteiger partial charge is 0.335 e. The van der Waals surface area contributed by atoms with E-state index >= 15 is 0 Å². The SMILES string of the molecule is CC(C)(C)N1CCN(c2cc(C(=O)O)ccc2N)CC1. The van der Waals surface area contributed by atoms with Crippen molar-refractivity contribution in [3.63, 3.8) is 0 Å². The second-order valence-electron chi connectivity index (χ2n) is 6.22. The summed E-state index contributed by atoms with van der Waals surface area (Å²) in [4.78, 5) is 15.7. The summed E-state index contributed by atoms with van der Waals surface area (Å²) in [5, 5.41) is 9.08. The largest absolute Gasteiger partial charge is 0.478 e. The molecule has 0 aliphatic carbocycles. The molecular formula is C15H23N3O2. The highest BCUT2D eigenvalue weighted by Crippen LogP contribution is 2.27. The third-order valence-electron chi connectivity index (χ3n) is 3.85. The Kier molecular flexibility index (Phi) is 3.90. The zero-order valence-corrected chi connectivity index (χ0v) is 12.4. The first-order valence-electron chi connectivity index (χ1n) is 6.92. The summed E-state index contributed by atoms with van der Waals surface area (Å²) in [5.74, 6) is -0.917. The van der Waals surface area contributed by atoms with Crippen LogP contribution in [0.25, 0.3) is 0 Å². The summed E-state index contributed by atoms with van der Waals surface area (Å²) in [7, 11) is 0. The van der Waals surface area contributed by atoms with Crippen molar-refractivity contribution in [3.8, 4) is 0 Å². The molecule has 20 heavy (non-hydrogen) atoms. The first-order valence-corrected chi connectivity index (χ1v) is 6.92. The van der Waals surface area contributed by atoms with Gasteiger partial charge in [0.05, 0.1) is 16.9 Å². The Labute approximate surface area is 120 Å². The number of rotatable bonds is 2. The Morgan fingerprint density at radius 2 is 1.80 bits per heavy atom. The van der Waals surface area contributed by atoms with Gasteiger partial charge < -0.3 is 15.7 Å². The van der Waals surface area contributed by atoms with Crippen molar-refractivity contribution in [2.24, 2.45) is 0 Å². The van der Waals surface area contributed by atoms with Gasteiger partial charge in [0.1, 0.15) is 0 Å². The third kappa shape index (κ3) is 3.04. The fraction of sp³-hybridized carbons (Fsp3) is 0.533. The summed E-state index contributed by atoms with van der Waals surface area (Å²) in [5.41, 5.74) is 7.91. The lowest BCUT2D eigenvalue weighted by atomic mass is 10.0. The molecule has 110 valence electrons. The number of hydrogen-bond acceptors (Lipinski definition) is 4. The molecule has 0 amide bonds. The Morgan fingerprint density at radius 1 is 1.20 bits per heavy atom. The average Bonchev–Trinajstić information content (AvgIpc) is 2.38. The topological polar surface area (TPSA) is 69.8 Å². The number of nitrogens with two attached hydrogens (primary N) is 1. The minimum atomic E-state index is -0.917. The van der Waals surface area contributed by atoms with Crippen LogP contribution >= 0.6 is 0 Å². The standard InChI is InChI=1S/C15H23N3O2/c1-15(2,3)18-8-6-17(7-9-18)13-10-11(14(19)20)4-5-12(13)16/h4-5,10H,6-9,16H2,1-3H3,(H,19,20). The van der Waals surface area contributed by atoms with E-state index in [-0.39, 0.29) is 11.1 Å². The highest BCUT2D eigenvalue weighted by atomic mass is 16.4. The maximum Gasteiger partial charge on any atom is 0.335 e. The maximum atomic E-state index is 11.1. The van der Waals surface area contributed by atoms with Crippen LogP contribution < -0.4 is 10.6 Å². The molecule has 1 aliphatic rings. The van der Waals surface area contributed by atoms with Crippen molar-refractivity contribution in [1.82, 2.24) is 4.90 Å². The number of nitrogens with zero attached hydrogens (tertiary/aromatic N) is 2. The number of piperazine rings is 1. The summed E-state index contributed by atoms with van der Waals surface area (Å²) in [6, 6.07) is 4.89. The molecule has 1 heterocycles. The molecule has 3 N–H and O–H groups in total. The van der Waals surface area contributed by atoms with Gasteiger partial charge in [-0.2, -0.15) is 0 Å². The van der Waals surface area contributed by atoms with E-state index in [1.54, 1.807) is 18.2 Å². The van der Waals surface area contributed by atoms with E-state index in [0.717, 1.165) is 31.9 Å². The Balaban J connectivity index is 2.14. The number of carboxylic acids is 1. The second-order valence-corrected chi connectivity index (χ2v) is 6.22. The molecule has 5 nitrogen and oxygen atoms in total. The van der Waals surface area contributed by atoms with E-state index in [2.05, 4.69) is 30.6 Å². The normalized spacial score (nSPS) is 17.2.